The van der Waals surface area contributed by atoms with Gasteiger partial charge in [0.1, 0.15) is 11.0 Å². The molecule has 280 valence electrons. The average Bonchev–Trinajstić information content (AvgIpc) is 3.70. The smallest absolute Gasteiger partial charge is 0.174 e. The second-order valence-corrected chi connectivity index (χ2v) is 16.4. The molecule has 0 aliphatic carbocycles. The zero-order chi connectivity index (χ0) is 37.6. The third-order valence-electron chi connectivity index (χ3n) is 9.08. The average molecular weight is 800 g/mol. The second kappa shape index (κ2) is 17.6. The highest BCUT2D eigenvalue weighted by atomic mass is 35.5. The number of pyridine rings is 2. The van der Waals surface area contributed by atoms with E-state index in [0.717, 1.165) is 76.6 Å². The molecule has 0 bridgehead atoms. The number of imidazole rings is 2. The molecule has 0 amide bonds. The van der Waals surface area contributed by atoms with Gasteiger partial charge in [0, 0.05) is 58.9 Å². The number of nitrogens with zero attached hydrogens (tertiary/aromatic N) is 6. The molecule has 7 aromatic rings. The number of hydrogen-bond donors (Lipinski definition) is 4. The molecule has 0 spiro atoms. The van der Waals surface area contributed by atoms with Crippen molar-refractivity contribution in [3.63, 3.8) is 0 Å². The molecule has 0 saturated carbocycles. The van der Waals surface area contributed by atoms with E-state index in [9.17, 15) is 0 Å². The van der Waals surface area contributed by atoms with Crippen LogP contribution in [0.4, 0.5) is 11.6 Å². The maximum absolute atomic E-state index is 6.52. The first-order valence-corrected chi connectivity index (χ1v) is 20.6. The van der Waals surface area contributed by atoms with E-state index in [0.29, 0.717) is 34.0 Å². The Balaban J connectivity index is 1.02. The second-order valence-electron chi connectivity index (χ2n) is 13.5. The van der Waals surface area contributed by atoms with Crippen LogP contribution in [0.1, 0.15) is 33.6 Å². The van der Waals surface area contributed by atoms with Crippen LogP contribution in [0.15, 0.2) is 105 Å². The molecule has 7 rings (SSSR count). The highest BCUT2D eigenvalue weighted by molar-refractivity contribution is 7.99. The fourth-order valence-electron chi connectivity index (χ4n) is 6.37. The molecule has 0 aliphatic heterocycles. The Labute approximate surface area is 334 Å². The van der Waals surface area contributed by atoms with Crippen molar-refractivity contribution >= 4 is 91.2 Å². The van der Waals surface area contributed by atoms with Crippen LogP contribution in [0.2, 0.25) is 10.0 Å². The third-order valence-corrected chi connectivity index (χ3v) is 11.9. The molecule has 0 aliphatic rings. The van der Waals surface area contributed by atoms with Gasteiger partial charge in [0.15, 0.2) is 21.9 Å². The van der Waals surface area contributed by atoms with Crippen molar-refractivity contribution < 1.29 is 0 Å². The molecular weight excluding hydrogens is 756 g/mol. The van der Waals surface area contributed by atoms with E-state index >= 15 is 0 Å². The van der Waals surface area contributed by atoms with Gasteiger partial charge in [0.2, 0.25) is 0 Å². The first-order chi connectivity index (χ1) is 26.2. The van der Waals surface area contributed by atoms with E-state index in [2.05, 4.69) is 99.4 Å². The molecule has 4 heterocycles. The van der Waals surface area contributed by atoms with Crippen LogP contribution in [0.3, 0.4) is 0 Å². The monoisotopic (exact) mass is 798 g/mol. The summed E-state index contributed by atoms with van der Waals surface area (Å²) in [6.07, 6.45) is 5.47. The number of nitrogen functional groups attached to an aromatic ring is 1. The number of aryl methyl sites for hydroxylation is 2. The van der Waals surface area contributed by atoms with Gasteiger partial charge in [-0.1, -0.05) is 97.0 Å². The maximum Gasteiger partial charge on any atom is 0.174 e. The Morgan fingerprint density at radius 1 is 0.741 bits per heavy atom. The minimum atomic E-state index is 0.178. The van der Waals surface area contributed by atoms with Crippen molar-refractivity contribution in [3.05, 3.63) is 95.2 Å². The van der Waals surface area contributed by atoms with E-state index in [1.807, 2.05) is 24.4 Å². The number of nitrogens with two attached hydrogens (primary N) is 1. The lowest BCUT2D eigenvalue weighted by molar-refractivity contribution is 0.517. The van der Waals surface area contributed by atoms with Crippen molar-refractivity contribution in [1.29, 1.82) is 0 Å². The summed E-state index contributed by atoms with van der Waals surface area (Å²) in [6, 6.07) is 25.1. The van der Waals surface area contributed by atoms with E-state index in [1.165, 1.54) is 27.4 Å². The standard InChI is InChI=1S/C40H44Cl2N10S2/c1-25(2)44-17-7-21-52-32-16-20-47-38(36(32)50-40(52)53-33-12-6-10-27-9-4-5-11-29(27)33)48-24-26(3)45-18-8-22-51-31-15-19-46-37(43)35(31)49-39(51)54-34-14-13-28(41)23-30(34)42/h4-6,9-16,19-20,23,25-26,44-45H,7-8,17-18,21-22,24H2,1-3H3,(H2,43,46)(H,47,48). The van der Waals surface area contributed by atoms with Crippen LogP contribution >= 0.6 is 46.7 Å². The van der Waals surface area contributed by atoms with Gasteiger partial charge >= 0.3 is 0 Å². The zero-order valence-corrected chi connectivity index (χ0v) is 33.7. The van der Waals surface area contributed by atoms with Crippen LogP contribution in [0.5, 0.6) is 0 Å². The normalized spacial score (nSPS) is 12.4. The summed E-state index contributed by atoms with van der Waals surface area (Å²) in [7, 11) is 0. The van der Waals surface area contributed by atoms with Crippen LogP contribution in [0.25, 0.3) is 32.8 Å². The lowest BCUT2D eigenvalue weighted by atomic mass is 10.1. The molecule has 1 unspecified atom stereocenters. The van der Waals surface area contributed by atoms with Gasteiger partial charge in [-0.05, 0) is 80.0 Å². The minimum Gasteiger partial charge on any atom is -0.382 e. The number of fused-ring (bicyclic) bond motifs is 3. The van der Waals surface area contributed by atoms with Crippen LogP contribution in [-0.4, -0.2) is 60.8 Å². The van der Waals surface area contributed by atoms with E-state index in [1.54, 1.807) is 24.0 Å². The fourth-order valence-corrected chi connectivity index (χ4v) is 8.90. The Bertz CT molecular complexity index is 2370. The number of benzene rings is 3. The summed E-state index contributed by atoms with van der Waals surface area (Å²) in [4.78, 5) is 21.1. The van der Waals surface area contributed by atoms with Gasteiger partial charge in [-0.3, -0.25) is 0 Å². The maximum atomic E-state index is 6.52. The first-order valence-electron chi connectivity index (χ1n) is 18.2. The number of aromatic nitrogens is 6. The zero-order valence-electron chi connectivity index (χ0n) is 30.5. The van der Waals surface area contributed by atoms with Gasteiger partial charge in [-0.15, -0.1) is 0 Å². The topological polar surface area (TPSA) is 124 Å². The Kier molecular flexibility index (Phi) is 12.5. The predicted octanol–water partition coefficient (Wildman–Crippen LogP) is 9.39. The molecule has 4 aromatic heterocycles. The molecule has 10 nitrogen and oxygen atoms in total. The molecule has 3 aromatic carbocycles. The summed E-state index contributed by atoms with van der Waals surface area (Å²) >= 11 is 15.9. The molecule has 14 heteroatoms. The fraction of sp³-hybridized carbons (Fsp3) is 0.300. The number of nitrogens with one attached hydrogen (secondary N) is 3. The molecule has 0 fully saturated rings. The van der Waals surface area contributed by atoms with Crippen LogP contribution < -0.4 is 21.7 Å². The van der Waals surface area contributed by atoms with Crippen molar-refractivity contribution in [1.82, 2.24) is 39.7 Å². The summed E-state index contributed by atoms with van der Waals surface area (Å²) in [6.45, 7) is 10.6. The number of rotatable bonds is 17. The quantitative estimate of drug-likeness (QED) is 0.0663. The first kappa shape index (κ1) is 38.2. The largest absolute Gasteiger partial charge is 0.382 e. The minimum absolute atomic E-state index is 0.178. The molecule has 1 atom stereocenters. The van der Waals surface area contributed by atoms with E-state index in [-0.39, 0.29) is 6.04 Å². The molecular formula is C40H44Cl2N10S2. The highest BCUT2D eigenvalue weighted by Gasteiger charge is 2.19. The Hall–Kier alpha value is -4.04. The highest BCUT2D eigenvalue weighted by Crippen LogP contribution is 2.38. The van der Waals surface area contributed by atoms with Gasteiger partial charge in [-0.25, -0.2) is 19.9 Å². The van der Waals surface area contributed by atoms with E-state index in [4.69, 9.17) is 43.9 Å². The lowest BCUT2D eigenvalue weighted by Gasteiger charge is -2.16. The number of halogens is 2. The number of anilines is 2. The van der Waals surface area contributed by atoms with Gasteiger partial charge in [-0.2, -0.15) is 0 Å². The molecule has 5 N–H and O–H groups in total. The van der Waals surface area contributed by atoms with Crippen molar-refractivity contribution in [2.24, 2.45) is 0 Å². The Morgan fingerprint density at radius 3 is 2.17 bits per heavy atom. The Morgan fingerprint density at radius 2 is 1.41 bits per heavy atom. The summed E-state index contributed by atoms with van der Waals surface area (Å²) in [5.74, 6) is 1.20. The molecule has 0 radical (unpaired) electrons. The van der Waals surface area contributed by atoms with Crippen LogP contribution in [0, 0.1) is 0 Å². The van der Waals surface area contributed by atoms with Gasteiger partial charge < -0.3 is 30.8 Å². The SMILES string of the molecule is CC(C)NCCCn1c(Sc2cccc3ccccc23)nc2c(NCC(C)NCCCn3c(Sc4ccc(Cl)cc4Cl)nc4c(N)nccc43)nccc21. The third kappa shape index (κ3) is 8.91. The number of hydrogen-bond acceptors (Lipinski definition) is 10. The van der Waals surface area contributed by atoms with Crippen molar-refractivity contribution in [2.75, 3.05) is 30.7 Å². The van der Waals surface area contributed by atoms with Crippen LogP contribution in [-0.2, 0) is 13.1 Å². The molecule has 54 heavy (non-hydrogen) atoms. The van der Waals surface area contributed by atoms with Crippen molar-refractivity contribution in [2.45, 2.75) is 78.9 Å². The summed E-state index contributed by atoms with van der Waals surface area (Å²) in [5, 5.41) is 16.2. The van der Waals surface area contributed by atoms with Gasteiger partial charge in [0.25, 0.3) is 0 Å². The van der Waals surface area contributed by atoms with Crippen molar-refractivity contribution in [3.8, 4) is 0 Å². The lowest BCUT2D eigenvalue weighted by Crippen LogP contribution is -2.34. The van der Waals surface area contributed by atoms with Gasteiger partial charge in [0.05, 0.1) is 16.1 Å². The summed E-state index contributed by atoms with van der Waals surface area (Å²) in [5.41, 5.74) is 9.81. The van der Waals surface area contributed by atoms with E-state index < -0.39 is 0 Å². The molecule has 0 saturated heterocycles. The predicted molar refractivity (Wildman–Crippen MR) is 226 cm³/mol. The summed E-state index contributed by atoms with van der Waals surface area (Å²) < 4.78 is 4.52.